The summed E-state index contributed by atoms with van der Waals surface area (Å²) in [5.74, 6) is -1.45. The van der Waals surface area contributed by atoms with Crippen molar-refractivity contribution in [3.8, 4) is 11.5 Å². The van der Waals surface area contributed by atoms with Crippen molar-refractivity contribution in [2.24, 2.45) is 0 Å². The number of hydrogen-bond donors (Lipinski definition) is 1. The van der Waals surface area contributed by atoms with E-state index < -0.39 is 17.9 Å². The molecule has 1 atom stereocenters. The molecule has 1 aromatic rings. The highest BCUT2D eigenvalue weighted by Crippen LogP contribution is 2.32. The van der Waals surface area contributed by atoms with Crippen LogP contribution in [0.3, 0.4) is 0 Å². The van der Waals surface area contributed by atoms with Crippen LogP contribution < -0.4 is 9.47 Å². The van der Waals surface area contributed by atoms with Crippen molar-refractivity contribution in [2.45, 2.75) is 13.0 Å². The Morgan fingerprint density at radius 1 is 1.33 bits per heavy atom. The second-order valence-corrected chi connectivity index (χ2v) is 3.38. The number of esters is 1. The Hall–Kier alpha value is -1.82. The first kappa shape index (κ1) is 14.2. The zero-order valence-electron chi connectivity index (χ0n) is 10.4. The molecule has 0 aromatic heterocycles. The van der Waals surface area contributed by atoms with Crippen molar-refractivity contribution in [3.05, 3.63) is 23.5 Å². The molecule has 0 saturated carbocycles. The highest BCUT2D eigenvalue weighted by molar-refractivity contribution is 5.77. The average molecular weight is 258 g/mol. The summed E-state index contributed by atoms with van der Waals surface area (Å²) in [5, 5.41) is 9.76. The van der Waals surface area contributed by atoms with E-state index in [2.05, 4.69) is 4.74 Å². The van der Waals surface area contributed by atoms with Crippen molar-refractivity contribution in [2.75, 3.05) is 20.8 Å². The highest BCUT2D eigenvalue weighted by atomic mass is 19.1. The largest absolute Gasteiger partial charge is 0.496 e. The molecule has 0 spiro atoms. The SMILES string of the molecule is CCOC(=O)C(O)c1cc(F)c(OC)cc1OC. The number of methoxy groups -OCH3 is 2. The van der Waals surface area contributed by atoms with Crippen molar-refractivity contribution in [3.63, 3.8) is 0 Å². The van der Waals surface area contributed by atoms with Gasteiger partial charge in [0.15, 0.2) is 17.7 Å². The predicted molar refractivity (Wildman–Crippen MR) is 61.1 cm³/mol. The van der Waals surface area contributed by atoms with Gasteiger partial charge in [-0.05, 0) is 13.0 Å². The van der Waals surface area contributed by atoms with E-state index in [1.54, 1.807) is 6.92 Å². The topological polar surface area (TPSA) is 65.0 Å². The average Bonchev–Trinajstić information content (AvgIpc) is 2.37. The molecule has 0 aliphatic carbocycles. The van der Waals surface area contributed by atoms with Crippen molar-refractivity contribution < 1.29 is 28.5 Å². The van der Waals surface area contributed by atoms with Gasteiger partial charge in [-0.15, -0.1) is 0 Å². The van der Waals surface area contributed by atoms with Gasteiger partial charge in [-0.25, -0.2) is 9.18 Å². The number of benzene rings is 1. The maximum atomic E-state index is 13.5. The smallest absolute Gasteiger partial charge is 0.339 e. The molecule has 0 amide bonds. The lowest BCUT2D eigenvalue weighted by molar-refractivity contribution is -0.153. The van der Waals surface area contributed by atoms with Gasteiger partial charge in [0.2, 0.25) is 0 Å². The van der Waals surface area contributed by atoms with Crippen LogP contribution in [0.25, 0.3) is 0 Å². The third-order valence-electron chi connectivity index (χ3n) is 2.31. The van der Waals surface area contributed by atoms with Crippen LogP contribution in [0.15, 0.2) is 12.1 Å². The van der Waals surface area contributed by atoms with E-state index in [1.165, 1.54) is 20.3 Å². The number of aliphatic hydroxyl groups excluding tert-OH is 1. The molecular weight excluding hydrogens is 243 g/mol. The molecule has 100 valence electrons. The van der Waals surface area contributed by atoms with Crippen LogP contribution >= 0.6 is 0 Å². The number of carbonyl (C=O) groups excluding carboxylic acids is 1. The zero-order chi connectivity index (χ0) is 13.7. The summed E-state index contributed by atoms with van der Waals surface area (Å²) in [7, 11) is 2.65. The van der Waals surface area contributed by atoms with Gasteiger partial charge in [0.1, 0.15) is 5.75 Å². The molecule has 0 fully saturated rings. The predicted octanol–water partition coefficient (Wildman–Crippen LogP) is 1.44. The minimum Gasteiger partial charge on any atom is -0.496 e. The number of halogens is 1. The highest BCUT2D eigenvalue weighted by Gasteiger charge is 2.24. The van der Waals surface area contributed by atoms with Crippen molar-refractivity contribution in [1.82, 2.24) is 0 Å². The van der Waals surface area contributed by atoms with Gasteiger partial charge in [-0.2, -0.15) is 0 Å². The monoisotopic (exact) mass is 258 g/mol. The second kappa shape index (κ2) is 6.20. The standard InChI is InChI=1S/C12H15FO5/c1-4-18-12(15)11(14)7-5-8(13)10(17-3)6-9(7)16-2/h5-6,11,14H,4H2,1-3H3. The van der Waals surface area contributed by atoms with E-state index in [9.17, 15) is 14.3 Å². The number of ether oxygens (including phenoxy) is 3. The molecule has 6 heteroatoms. The van der Waals surface area contributed by atoms with Crippen molar-refractivity contribution >= 4 is 5.97 Å². The molecular formula is C12H15FO5. The summed E-state index contributed by atoms with van der Waals surface area (Å²) >= 11 is 0. The minimum absolute atomic E-state index is 0.00532. The quantitative estimate of drug-likeness (QED) is 0.809. The van der Waals surface area contributed by atoms with E-state index in [0.717, 1.165) is 6.07 Å². The normalized spacial score (nSPS) is 11.8. The first-order chi connectivity index (χ1) is 8.54. The summed E-state index contributed by atoms with van der Waals surface area (Å²) in [4.78, 5) is 11.4. The summed E-state index contributed by atoms with van der Waals surface area (Å²) in [6.45, 7) is 1.73. The minimum atomic E-state index is -1.60. The number of carbonyl (C=O) groups is 1. The molecule has 1 aromatic carbocycles. The maximum Gasteiger partial charge on any atom is 0.339 e. The first-order valence-corrected chi connectivity index (χ1v) is 5.31. The fraction of sp³-hybridized carbons (Fsp3) is 0.417. The van der Waals surface area contributed by atoms with E-state index in [0.29, 0.717) is 0 Å². The Morgan fingerprint density at radius 2 is 1.94 bits per heavy atom. The van der Waals surface area contributed by atoms with Crippen LogP contribution in [-0.4, -0.2) is 31.9 Å². The summed E-state index contributed by atoms with van der Waals surface area (Å²) in [6.07, 6.45) is -1.60. The van der Waals surface area contributed by atoms with E-state index in [1.807, 2.05) is 0 Å². The third-order valence-corrected chi connectivity index (χ3v) is 2.31. The molecule has 0 heterocycles. The van der Waals surface area contributed by atoms with Gasteiger partial charge in [0.25, 0.3) is 0 Å². The molecule has 0 aliphatic rings. The molecule has 0 bridgehead atoms. The lowest BCUT2D eigenvalue weighted by Crippen LogP contribution is -2.16. The zero-order valence-corrected chi connectivity index (χ0v) is 10.4. The number of aliphatic hydroxyl groups is 1. The molecule has 1 rings (SSSR count). The van der Waals surface area contributed by atoms with Crippen LogP contribution in [0, 0.1) is 5.82 Å². The van der Waals surface area contributed by atoms with E-state index >= 15 is 0 Å². The van der Waals surface area contributed by atoms with Crippen LogP contribution in [0.2, 0.25) is 0 Å². The Bertz CT molecular complexity index is 433. The number of hydrogen-bond acceptors (Lipinski definition) is 5. The Labute approximate surface area is 104 Å². The fourth-order valence-electron chi connectivity index (χ4n) is 1.45. The van der Waals surface area contributed by atoms with Gasteiger partial charge >= 0.3 is 5.97 Å². The molecule has 0 saturated heterocycles. The van der Waals surface area contributed by atoms with Gasteiger partial charge in [0.05, 0.1) is 20.8 Å². The Kier molecular flexibility index (Phi) is 4.91. The lowest BCUT2D eigenvalue weighted by Gasteiger charge is -2.15. The molecule has 1 unspecified atom stereocenters. The summed E-state index contributed by atoms with van der Waals surface area (Å²) in [6, 6.07) is 2.24. The summed E-state index contributed by atoms with van der Waals surface area (Å²) in [5.41, 5.74) is -0.00532. The molecule has 18 heavy (non-hydrogen) atoms. The van der Waals surface area contributed by atoms with Crippen LogP contribution in [-0.2, 0) is 9.53 Å². The van der Waals surface area contributed by atoms with Crippen LogP contribution in [0.1, 0.15) is 18.6 Å². The Balaban J connectivity index is 3.14. The van der Waals surface area contributed by atoms with E-state index in [4.69, 9.17) is 9.47 Å². The van der Waals surface area contributed by atoms with Gasteiger partial charge in [-0.3, -0.25) is 0 Å². The Morgan fingerprint density at radius 3 is 2.44 bits per heavy atom. The van der Waals surface area contributed by atoms with Crippen LogP contribution in [0.5, 0.6) is 11.5 Å². The molecule has 0 radical (unpaired) electrons. The third kappa shape index (κ3) is 2.89. The second-order valence-electron chi connectivity index (χ2n) is 3.38. The maximum absolute atomic E-state index is 13.5. The molecule has 1 N–H and O–H groups in total. The summed E-state index contributed by atoms with van der Waals surface area (Å²) < 4.78 is 27.9. The fourth-order valence-corrected chi connectivity index (χ4v) is 1.45. The first-order valence-electron chi connectivity index (χ1n) is 5.31. The van der Waals surface area contributed by atoms with Gasteiger partial charge in [-0.1, -0.05) is 0 Å². The van der Waals surface area contributed by atoms with Gasteiger partial charge in [0, 0.05) is 11.6 Å². The number of rotatable bonds is 5. The lowest BCUT2D eigenvalue weighted by atomic mass is 10.1. The van der Waals surface area contributed by atoms with Crippen LogP contribution in [0.4, 0.5) is 4.39 Å². The van der Waals surface area contributed by atoms with Gasteiger partial charge < -0.3 is 19.3 Å². The van der Waals surface area contributed by atoms with E-state index in [-0.39, 0.29) is 23.7 Å². The molecule has 0 aliphatic heterocycles. The molecule has 5 nitrogen and oxygen atoms in total. The van der Waals surface area contributed by atoms with Crippen molar-refractivity contribution in [1.29, 1.82) is 0 Å².